The zero-order valence-corrected chi connectivity index (χ0v) is 13.6. The first-order valence-electron chi connectivity index (χ1n) is 8.99. The first-order valence-corrected chi connectivity index (χ1v) is 8.99. The van der Waals surface area contributed by atoms with Crippen molar-refractivity contribution in [1.82, 2.24) is 14.7 Å². The van der Waals surface area contributed by atoms with Gasteiger partial charge in [0.05, 0.1) is 0 Å². The summed E-state index contributed by atoms with van der Waals surface area (Å²) in [6.07, 6.45) is 5.70. The van der Waals surface area contributed by atoms with Crippen LogP contribution in [0, 0.1) is 11.8 Å². The lowest BCUT2D eigenvalue weighted by Gasteiger charge is -2.47. The largest absolute Gasteiger partial charge is 0.303 e. The van der Waals surface area contributed by atoms with Gasteiger partial charge in [-0.05, 0) is 44.2 Å². The highest BCUT2D eigenvalue weighted by Crippen LogP contribution is 2.33. The Labute approximate surface area is 125 Å². The highest BCUT2D eigenvalue weighted by Gasteiger charge is 2.32. The van der Waals surface area contributed by atoms with Gasteiger partial charge in [-0.15, -0.1) is 0 Å². The van der Waals surface area contributed by atoms with Crippen LogP contribution in [0.3, 0.4) is 0 Å². The van der Waals surface area contributed by atoms with Crippen LogP contribution in [-0.2, 0) is 0 Å². The molecule has 3 nitrogen and oxygen atoms in total. The smallest absolute Gasteiger partial charge is 0.0221 e. The first-order chi connectivity index (χ1) is 9.80. The van der Waals surface area contributed by atoms with Crippen LogP contribution >= 0.6 is 0 Å². The summed E-state index contributed by atoms with van der Waals surface area (Å²) >= 11 is 0. The molecule has 0 amide bonds. The fourth-order valence-corrected chi connectivity index (χ4v) is 4.66. The second kappa shape index (κ2) is 6.76. The molecule has 0 saturated carbocycles. The van der Waals surface area contributed by atoms with Crippen LogP contribution in [0.5, 0.6) is 0 Å². The van der Waals surface area contributed by atoms with Crippen molar-refractivity contribution in [3.8, 4) is 0 Å². The van der Waals surface area contributed by atoms with E-state index in [1.54, 1.807) is 0 Å². The van der Waals surface area contributed by atoms with Crippen molar-refractivity contribution in [3.05, 3.63) is 0 Å². The molecule has 2 atom stereocenters. The minimum absolute atomic E-state index is 0.877. The highest BCUT2D eigenvalue weighted by molar-refractivity contribution is 4.87. The van der Waals surface area contributed by atoms with Gasteiger partial charge in [0.15, 0.2) is 0 Å². The van der Waals surface area contributed by atoms with Crippen molar-refractivity contribution in [3.63, 3.8) is 0 Å². The van der Waals surface area contributed by atoms with E-state index in [1.807, 2.05) is 0 Å². The minimum Gasteiger partial charge on any atom is -0.303 e. The zero-order valence-electron chi connectivity index (χ0n) is 13.6. The quantitative estimate of drug-likeness (QED) is 0.767. The predicted molar refractivity (Wildman–Crippen MR) is 85.0 cm³/mol. The average Bonchev–Trinajstić information content (AvgIpc) is 2.57. The van der Waals surface area contributed by atoms with E-state index in [1.165, 1.54) is 78.0 Å². The maximum Gasteiger partial charge on any atom is 0.0221 e. The van der Waals surface area contributed by atoms with Gasteiger partial charge in [0.25, 0.3) is 0 Å². The second-order valence-corrected chi connectivity index (χ2v) is 7.21. The molecule has 6 heterocycles. The Balaban J connectivity index is 0.000000121. The summed E-state index contributed by atoms with van der Waals surface area (Å²) in [6.45, 7) is 15.4. The molecule has 0 aromatic carbocycles. The molecule has 6 aliphatic rings. The predicted octanol–water partition coefficient (Wildman–Crippen LogP) is 2.13. The molecule has 0 spiro atoms. The number of fused-ring (bicyclic) bond motifs is 6. The summed E-state index contributed by atoms with van der Waals surface area (Å²) in [5.74, 6) is 2.14. The molecule has 2 unspecified atom stereocenters. The van der Waals surface area contributed by atoms with Gasteiger partial charge in [0.2, 0.25) is 0 Å². The van der Waals surface area contributed by atoms with E-state index in [9.17, 15) is 0 Å². The molecule has 0 aliphatic carbocycles. The van der Waals surface area contributed by atoms with Gasteiger partial charge in [0, 0.05) is 45.3 Å². The molecule has 0 radical (unpaired) electrons. The van der Waals surface area contributed by atoms with Crippen LogP contribution < -0.4 is 0 Å². The molecule has 6 rings (SSSR count). The van der Waals surface area contributed by atoms with Gasteiger partial charge in [-0.3, -0.25) is 9.80 Å². The molecule has 0 aromatic rings. The summed E-state index contributed by atoms with van der Waals surface area (Å²) in [6, 6.07) is 0.877. The number of rotatable bonds is 2. The number of piperidine rings is 3. The van der Waals surface area contributed by atoms with E-state index < -0.39 is 0 Å². The number of hydrogen-bond acceptors (Lipinski definition) is 3. The number of piperazine rings is 3. The minimum atomic E-state index is 0.877. The van der Waals surface area contributed by atoms with Crippen LogP contribution in [0.4, 0.5) is 0 Å². The molecule has 6 fully saturated rings. The van der Waals surface area contributed by atoms with E-state index >= 15 is 0 Å². The molecule has 4 bridgehead atoms. The lowest BCUT2D eigenvalue weighted by molar-refractivity contribution is 0.0119. The van der Waals surface area contributed by atoms with Crippen LogP contribution in [-0.4, -0.2) is 73.1 Å². The Bertz CT molecular complexity index is 261. The van der Waals surface area contributed by atoms with Crippen molar-refractivity contribution in [1.29, 1.82) is 0 Å². The molecule has 0 aromatic heterocycles. The Morgan fingerprint density at radius 2 is 1.40 bits per heavy atom. The van der Waals surface area contributed by atoms with Gasteiger partial charge in [-0.2, -0.15) is 0 Å². The van der Waals surface area contributed by atoms with Crippen molar-refractivity contribution < 1.29 is 0 Å². The van der Waals surface area contributed by atoms with E-state index in [0.717, 1.165) is 17.9 Å². The Morgan fingerprint density at radius 3 is 1.70 bits per heavy atom. The van der Waals surface area contributed by atoms with Crippen LogP contribution in [0.1, 0.15) is 39.5 Å². The van der Waals surface area contributed by atoms with E-state index in [0.29, 0.717) is 0 Å². The van der Waals surface area contributed by atoms with Crippen molar-refractivity contribution in [2.24, 2.45) is 11.8 Å². The van der Waals surface area contributed by atoms with E-state index in [2.05, 4.69) is 28.5 Å². The van der Waals surface area contributed by atoms with Crippen LogP contribution in [0.25, 0.3) is 0 Å². The fourth-order valence-electron chi connectivity index (χ4n) is 4.66. The molecular formula is C17H33N3. The van der Waals surface area contributed by atoms with Crippen molar-refractivity contribution in [2.75, 3.05) is 52.4 Å². The van der Waals surface area contributed by atoms with E-state index in [-0.39, 0.29) is 0 Å². The SMILES string of the molecule is CCC1CN2CCC1CC2.CCC1CN2CCN1CC2. The standard InChI is InChI=1S/C9H17N.C8H16N2/c1-2-8-7-10-5-3-9(8)4-6-10;1-2-8-7-9-3-5-10(8)6-4-9/h8-9H,2-7H2,1H3;8H,2-7H2,1H3. The summed E-state index contributed by atoms with van der Waals surface area (Å²) in [5.41, 5.74) is 0. The lowest BCUT2D eigenvalue weighted by Crippen LogP contribution is -2.60. The molecule has 0 N–H and O–H groups in total. The highest BCUT2D eigenvalue weighted by atomic mass is 15.3. The van der Waals surface area contributed by atoms with Gasteiger partial charge in [0.1, 0.15) is 0 Å². The Kier molecular flexibility index (Phi) is 5.00. The molecule has 116 valence electrons. The van der Waals surface area contributed by atoms with Gasteiger partial charge >= 0.3 is 0 Å². The molecule has 6 saturated heterocycles. The maximum atomic E-state index is 2.64. The Morgan fingerprint density at radius 1 is 0.750 bits per heavy atom. The zero-order chi connectivity index (χ0) is 13.9. The van der Waals surface area contributed by atoms with Crippen LogP contribution in [0.15, 0.2) is 0 Å². The summed E-state index contributed by atoms with van der Waals surface area (Å²) < 4.78 is 0. The number of nitrogens with zero attached hydrogens (tertiary/aromatic N) is 3. The van der Waals surface area contributed by atoms with Gasteiger partial charge in [-0.1, -0.05) is 20.3 Å². The Hall–Kier alpha value is -0.120. The topological polar surface area (TPSA) is 9.72 Å². The summed E-state index contributed by atoms with van der Waals surface area (Å²) in [5, 5.41) is 0. The molecule has 6 aliphatic heterocycles. The summed E-state index contributed by atoms with van der Waals surface area (Å²) in [7, 11) is 0. The van der Waals surface area contributed by atoms with Gasteiger partial charge in [-0.25, -0.2) is 0 Å². The van der Waals surface area contributed by atoms with Gasteiger partial charge < -0.3 is 4.90 Å². The van der Waals surface area contributed by atoms with Crippen molar-refractivity contribution in [2.45, 2.75) is 45.6 Å². The maximum absolute atomic E-state index is 2.64. The third-order valence-corrected chi connectivity index (χ3v) is 6.18. The van der Waals surface area contributed by atoms with Crippen LogP contribution in [0.2, 0.25) is 0 Å². The molecule has 20 heavy (non-hydrogen) atoms. The fraction of sp³-hybridized carbons (Fsp3) is 1.00. The normalized spacial score (nSPS) is 45.9. The lowest BCUT2D eigenvalue weighted by atomic mass is 9.78. The third kappa shape index (κ3) is 3.20. The molecular weight excluding hydrogens is 246 g/mol. The third-order valence-electron chi connectivity index (χ3n) is 6.18. The van der Waals surface area contributed by atoms with E-state index in [4.69, 9.17) is 0 Å². The number of hydrogen-bond donors (Lipinski definition) is 0. The first kappa shape index (κ1) is 14.8. The monoisotopic (exact) mass is 279 g/mol. The average molecular weight is 279 g/mol. The summed E-state index contributed by atoms with van der Waals surface area (Å²) in [4.78, 5) is 7.86. The molecule has 3 heteroatoms. The van der Waals surface area contributed by atoms with Crippen molar-refractivity contribution >= 4 is 0 Å². The second-order valence-electron chi connectivity index (χ2n) is 7.21.